The van der Waals surface area contributed by atoms with Crippen LogP contribution in [0.2, 0.25) is 0 Å². The van der Waals surface area contributed by atoms with Gasteiger partial charge in [-0.05, 0) is 35.9 Å². The van der Waals surface area contributed by atoms with Gasteiger partial charge in [-0.2, -0.15) is 0 Å². The molecule has 2 heterocycles. The predicted octanol–water partition coefficient (Wildman–Crippen LogP) is 1.75. The highest BCUT2D eigenvalue weighted by molar-refractivity contribution is 5.94. The maximum atomic E-state index is 12.4. The lowest BCUT2D eigenvalue weighted by molar-refractivity contribution is 0.0628. The number of benzene rings is 1. The monoisotopic (exact) mass is 297 g/mol. The molecule has 0 saturated carbocycles. The molecule has 0 unspecified atom stereocenters. The lowest BCUT2D eigenvalue weighted by Crippen LogP contribution is -2.48. The van der Waals surface area contributed by atoms with Crippen LogP contribution < -0.4 is 0 Å². The van der Waals surface area contributed by atoms with E-state index in [0.29, 0.717) is 18.7 Å². The van der Waals surface area contributed by atoms with Crippen LogP contribution in [0.1, 0.15) is 15.9 Å². The maximum absolute atomic E-state index is 12.4. The standard InChI is InChI=1S/C17H19N3O2/c21-16-3-1-2-15(12-16)17(22)20-10-8-19(9-11-20)13-14-4-6-18-7-5-14/h1-7,12,21H,8-11,13H2. The van der Waals surface area contributed by atoms with Gasteiger partial charge in [0.1, 0.15) is 5.75 Å². The number of pyridine rings is 1. The fourth-order valence-electron chi connectivity index (χ4n) is 2.68. The van der Waals surface area contributed by atoms with Crippen molar-refractivity contribution in [2.24, 2.45) is 0 Å². The van der Waals surface area contributed by atoms with E-state index in [4.69, 9.17) is 0 Å². The molecule has 114 valence electrons. The van der Waals surface area contributed by atoms with E-state index >= 15 is 0 Å². The number of nitrogens with zero attached hydrogens (tertiary/aromatic N) is 3. The molecule has 5 heteroatoms. The van der Waals surface area contributed by atoms with Crippen LogP contribution in [-0.4, -0.2) is 52.0 Å². The molecule has 1 saturated heterocycles. The molecule has 1 aromatic heterocycles. The topological polar surface area (TPSA) is 56.7 Å². The number of aromatic nitrogens is 1. The van der Waals surface area contributed by atoms with Crippen molar-refractivity contribution in [3.63, 3.8) is 0 Å². The van der Waals surface area contributed by atoms with E-state index in [0.717, 1.165) is 19.6 Å². The van der Waals surface area contributed by atoms with Crippen molar-refractivity contribution in [1.82, 2.24) is 14.8 Å². The lowest BCUT2D eigenvalue weighted by Gasteiger charge is -2.34. The maximum Gasteiger partial charge on any atom is 0.254 e. The molecular formula is C17H19N3O2. The zero-order valence-electron chi connectivity index (χ0n) is 12.4. The van der Waals surface area contributed by atoms with E-state index in [1.165, 1.54) is 11.6 Å². The van der Waals surface area contributed by atoms with E-state index in [2.05, 4.69) is 9.88 Å². The van der Waals surface area contributed by atoms with Gasteiger partial charge in [0.15, 0.2) is 0 Å². The first-order valence-corrected chi connectivity index (χ1v) is 7.42. The van der Waals surface area contributed by atoms with Crippen molar-refractivity contribution in [1.29, 1.82) is 0 Å². The van der Waals surface area contributed by atoms with Gasteiger partial charge in [-0.3, -0.25) is 14.7 Å². The van der Waals surface area contributed by atoms with E-state index in [1.54, 1.807) is 30.6 Å². The fourth-order valence-corrected chi connectivity index (χ4v) is 2.68. The molecule has 2 aromatic rings. The third-order valence-corrected chi connectivity index (χ3v) is 3.91. The van der Waals surface area contributed by atoms with Gasteiger partial charge in [-0.15, -0.1) is 0 Å². The van der Waals surface area contributed by atoms with Gasteiger partial charge >= 0.3 is 0 Å². The van der Waals surface area contributed by atoms with Gasteiger partial charge < -0.3 is 10.0 Å². The van der Waals surface area contributed by atoms with Crippen LogP contribution in [0.5, 0.6) is 5.75 Å². The van der Waals surface area contributed by atoms with E-state index in [9.17, 15) is 9.90 Å². The molecule has 0 atom stereocenters. The fraction of sp³-hybridized carbons (Fsp3) is 0.294. The Morgan fingerprint density at radius 1 is 1.09 bits per heavy atom. The molecule has 5 nitrogen and oxygen atoms in total. The number of phenolic OH excluding ortho intramolecular Hbond substituents is 1. The number of hydrogen-bond donors (Lipinski definition) is 1. The summed E-state index contributed by atoms with van der Waals surface area (Å²) in [6.07, 6.45) is 3.61. The molecule has 0 spiro atoms. The Morgan fingerprint density at radius 3 is 2.50 bits per heavy atom. The highest BCUT2D eigenvalue weighted by atomic mass is 16.3. The molecule has 0 bridgehead atoms. The molecule has 3 rings (SSSR count). The Bertz CT molecular complexity index is 637. The Kier molecular flexibility index (Phi) is 4.34. The number of hydrogen-bond acceptors (Lipinski definition) is 4. The first-order chi connectivity index (χ1) is 10.7. The van der Waals surface area contributed by atoms with Crippen molar-refractivity contribution < 1.29 is 9.90 Å². The quantitative estimate of drug-likeness (QED) is 0.937. The normalized spacial score (nSPS) is 15.7. The Morgan fingerprint density at radius 2 is 1.82 bits per heavy atom. The highest BCUT2D eigenvalue weighted by Crippen LogP contribution is 2.15. The molecule has 22 heavy (non-hydrogen) atoms. The number of carbonyl (C=O) groups is 1. The summed E-state index contributed by atoms with van der Waals surface area (Å²) < 4.78 is 0. The summed E-state index contributed by atoms with van der Waals surface area (Å²) in [6.45, 7) is 4.01. The zero-order valence-corrected chi connectivity index (χ0v) is 12.4. The number of amides is 1. The average molecular weight is 297 g/mol. The summed E-state index contributed by atoms with van der Waals surface area (Å²) in [5, 5.41) is 9.48. The van der Waals surface area contributed by atoms with Crippen molar-refractivity contribution in [3.8, 4) is 5.75 Å². The summed E-state index contributed by atoms with van der Waals surface area (Å²) in [5.74, 6) is 0.113. The zero-order chi connectivity index (χ0) is 15.4. The van der Waals surface area contributed by atoms with Crippen LogP contribution in [0.4, 0.5) is 0 Å². The molecule has 0 aliphatic carbocycles. The van der Waals surface area contributed by atoms with Gasteiger partial charge in [0, 0.05) is 50.7 Å². The number of piperazine rings is 1. The summed E-state index contributed by atoms with van der Waals surface area (Å²) in [6, 6.07) is 10.6. The summed E-state index contributed by atoms with van der Waals surface area (Å²) in [7, 11) is 0. The molecule has 1 aromatic carbocycles. The second kappa shape index (κ2) is 6.58. The second-order valence-corrected chi connectivity index (χ2v) is 5.47. The first-order valence-electron chi connectivity index (χ1n) is 7.42. The van der Waals surface area contributed by atoms with E-state index < -0.39 is 0 Å². The first kappa shape index (κ1) is 14.5. The van der Waals surface area contributed by atoms with Gasteiger partial charge in [-0.1, -0.05) is 6.07 Å². The highest BCUT2D eigenvalue weighted by Gasteiger charge is 2.22. The smallest absolute Gasteiger partial charge is 0.254 e. The van der Waals surface area contributed by atoms with Gasteiger partial charge in [0.25, 0.3) is 5.91 Å². The average Bonchev–Trinajstić information content (AvgIpc) is 2.56. The third kappa shape index (κ3) is 3.43. The molecule has 1 amide bonds. The van der Waals surface area contributed by atoms with E-state index in [1.807, 2.05) is 17.0 Å². The van der Waals surface area contributed by atoms with Crippen LogP contribution in [0.25, 0.3) is 0 Å². The molecule has 1 aliphatic rings. The Balaban J connectivity index is 1.56. The SMILES string of the molecule is O=C(c1cccc(O)c1)N1CCN(Cc2ccncc2)CC1. The van der Waals surface area contributed by atoms with Crippen LogP contribution in [0.15, 0.2) is 48.8 Å². The Hall–Kier alpha value is -2.40. The Labute approximate surface area is 129 Å². The van der Waals surface area contributed by atoms with Crippen LogP contribution in [0.3, 0.4) is 0 Å². The van der Waals surface area contributed by atoms with Gasteiger partial charge in [0.2, 0.25) is 0 Å². The molecule has 1 aliphatic heterocycles. The van der Waals surface area contributed by atoms with Crippen LogP contribution >= 0.6 is 0 Å². The summed E-state index contributed by atoms with van der Waals surface area (Å²) in [5.41, 5.74) is 1.78. The van der Waals surface area contributed by atoms with Gasteiger partial charge in [0.05, 0.1) is 0 Å². The van der Waals surface area contributed by atoms with Crippen LogP contribution in [0, 0.1) is 0 Å². The summed E-state index contributed by atoms with van der Waals surface area (Å²) >= 11 is 0. The number of carbonyl (C=O) groups excluding carboxylic acids is 1. The molecular weight excluding hydrogens is 278 g/mol. The minimum atomic E-state index is -0.0144. The summed E-state index contributed by atoms with van der Waals surface area (Å²) in [4.78, 5) is 20.6. The van der Waals surface area contributed by atoms with Crippen molar-refractivity contribution >= 4 is 5.91 Å². The van der Waals surface area contributed by atoms with Gasteiger partial charge in [-0.25, -0.2) is 0 Å². The molecule has 1 N–H and O–H groups in total. The van der Waals surface area contributed by atoms with Crippen molar-refractivity contribution in [2.45, 2.75) is 6.54 Å². The predicted molar refractivity (Wildman–Crippen MR) is 83.5 cm³/mol. The minimum Gasteiger partial charge on any atom is -0.508 e. The largest absolute Gasteiger partial charge is 0.508 e. The third-order valence-electron chi connectivity index (χ3n) is 3.91. The lowest BCUT2D eigenvalue weighted by atomic mass is 10.1. The number of aromatic hydroxyl groups is 1. The van der Waals surface area contributed by atoms with E-state index in [-0.39, 0.29) is 11.7 Å². The minimum absolute atomic E-state index is 0.0144. The van der Waals surface area contributed by atoms with Crippen molar-refractivity contribution in [3.05, 3.63) is 59.9 Å². The molecule has 0 radical (unpaired) electrons. The number of phenols is 1. The van der Waals surface area contributed by atoms with Crippen LogP contribution in [-0.2, 0) is 6.54 Å². The molecule has 1 fully saturated rings. The van der Waals surface area contributed by atoms with Crippen molar-refractivity contribution in [2.75, 3.05) is 26.2 Å². The second-order valence-electron chi connectivity index (χ2n) is 5.47. The number of rotatable bonds is 3.